The third kappa shape index (κ3) is 7.90. The van der Waals surface area contributed by atoms with Crippen molar-refractivity contribution in [3.63, 3.8) is 0 Å². The van der Waals surface area contributed by atoms with Crippen LogP contribution < -0.4 is 5.73 Å². The molecule has 0 unspecified atom stereocenters. The predicted molar refractivity (Wildman–Crippen MR) is 223 cm³/mol. The molecule has 3 aromatic carbocycles. The summed E-state index contributed by atoms with van der Waals surface area (Å²) in [5.41, 5.74) is 11.7. The zero-order chi connectivity index (χ0) is 40.4. The first-order valence-corrected chi connectivity index (χ1v) is 20.8. The number of nitrogens with zero attached hydrogens (tertiary/aromatic N) is 5. The molecule has 1 aliphatic carbocycles. The lowest BCUT2D eigenvalue weighted by atomic mass is 10.0. The van der Waals surface area contributed by atoms with Crippen LogP contribution in [0.1, 0.15) is 101 Å². The van der Waals surface area contributed by atoms with E-state index >= 15 is 0 Å². The quantitative estimate of drug-likeness (QED) is 0.115. The van der Waals surface area contributed by atoms with Gasteiger partial charge in [-0.25, -0.2) is 14.8 Å². The molecule has 12 heteroatoms. The van der Waals surface area contributed by atoms with Crippen molar-refractivity contribution in [2.45, 2.75) is 89.4 Å². The minimum atomic E-state index is -0.797. The van der Waals surface area contributed by atoms with Gasteiger partial charge >= 0.3 is 6.09 Å². The first-order chi connectivity index (χ1) is 28.1. The Hall–Kier alpha value is -5.75. The molecule has 58 heavy (non-hydrogen) atoms. The Bertz CT molecular complexity index is 2210. The van der Waals surface area contributed by atoms with Crippen LogP contribution in [0.5, 0.6) is 0 Å². The molecule has 5 aromatic rings. The molecule has 4 heterocycles. The number of aromatic nitrogens is 4. The summed E-state index contributed by atoms with van der Waals surface area (Å²) in [6.45, 7) is 9.07. The number of primary amides is 1. The summed E-state index contributed by atoms with van der Waals surface area (Å²) in [6, 6.07) is 26.5. The second kappa shape index (κ2) is 16.6. The summed E-state index contributed by atoms with van der Waals surface area (Å²) in [5.74, 6) is 1.65. The number of hydrogen-bond acceptors (Lipinski definition) is 7. The molecule has 2 saturated heterocycles. The van der Waals surface area contributed by atoms with E-state index in [4.69, 9.17) is 20.4 Å². The molecule has 2 aromatic heterocycles. The third-order valence-corrected chi connectivity index (χ3v) is 12.5. The predicted octanol–water partition coefficient (Wildman–Crippen LogP) is 8.20. The second-order valence-corrected chi connectivity index (χ2v) is 16.2. The number of likely N-dealkylation sites (N-methyl/N-ethyl adjacent to an activating group) is 1. The van der Waals surface area contributed by atoms with Gasteiger partial charge in [-0.05, 0) is 92.8 Å². The molecule has 1 saturated carbocycles. The number of hydrogen-bond donors (Lipinski definition) is 3. The van der Waals surface area contributed by atoms with Gasteiger partial charge in [-0.3, -0.25) is 14.5 Å². The van der Waals surface area contributed by atoms with Crippen molar-refractivity contribution in [3.8, 4) is 33.6 Å². The highest BCUT2D eigenvalue weighted by Gasteiger charge is 2.45. The first kappa shape index (κ1) is 39.1. The highest BCUT2D eigenvalue weighted by Crippen LogP contribution is 2.42. The van der Waals surface area contributed by atoms with Crippen molar-refractivity contribution in [2.75, 3.05) is 26.2 Å². The van der Waals surface area contributed by atoms with E-state index in [0.29, 0.717) is 25.8 Å². The molecule has 3 fully saturated rings. The average molecular weight is 783 g/mol. The molecule has 0 spiro atoms. The van der Waals surface area contributed by atoms with Crippen molar-refractivity contribution < 1.29 is 19.1 Å². The fourth-order valence-corrected chi connectivity index (χ4v) is 9.50. The molecule has 8 rings (SSSR count). The Balaban J connectivity index is 0.913. The zero-order valence-electron chi connectivity index (χ0n) is 33.7. The van der Waals surface area contributed by atoms with E-state index in [2.05, 4.69) is 89.4 Å². The Morgan fingerprint density at radius 3 is 1.83 bits per heavy atom. The molecule has 302 valence electrons. The van der Waals surface area contributed by atoms with E-state index in [1.54, 1.807) is 0 Å². The maximum absolute atomic E-state index is 14.2. The Labute approximate surface area is 340 Å². The van der Waals surface area contributed by atoms with Crippen LogP contribution in [0, 0.1) is 5.92 Å². The van der Waals surface area contributed by atoms with E-state index in [0.717, 1.165) is 96.2 Å². The minimum Gasteiger partial charge on any atom is -0.443 e. The van der Waals surface area contributed by atoms with Crippen molar-refractivity contribution in [2.24, 2.45) is 11.7 Å². The van der Waals surface area contributed by atoms with Gasteiger partial charge in [-0.1, -0.05) is 92.7 Å². The van der Waals surface area contributed by atoms with E-state index < -0.39 is 11.7 Å². The molecule has 12 nitrogen and oxygen atoms in total. The number of aromatic amines is 2. The minimum absolute atomic E-state index is 0.0914. The Morgan fingerprint density at radius 2 is 1.29 bits per heavy atom. The Morgan fingerprint density at radius 1 is 0.776 bits per heavy atom. The van der Waals surface area contributed by atoms with Crippen LogP contribution in [0.3, 0.4) is 0 Å². The second-order valence-electron chi connectivity index (χ2n) is 16.2. The topological polar surface area (TPSA) is 154 Å². The fraction of sp³-hybridized carbons (Fsp3) is 0.413. The van der Waals surface area contributed by atoms with Gasteiger partial charge in [-0.2, -0.15) is 0 Å². The molecular weight excluding hydrogens is 729 g/mol. The summed E-state index contributed by atoms with van der Waals surface area (Å²) in [4.78, 5) is 62.1. The molecule has 0 bridgehead atoms. The van der Waals surface area contributed by atoms with E-state index in [1.165, 1.54) is 0 Å². The molecule has 3 amide bonds. The summed E-state index contributed by atoms with van der Waals surface area (Å²) >= 11 is 0. The van der Waals surface area contributed by atoms with Crippen molar-refractivity contribution in [1.29, 1.82) is 0 Å². The lowest BCUT2D eigenvalue weighted by Crippen LogP contribution is -2.43. The molecule has 3 aliphatic rings. The Kier molecular flexibility index (Phi) is 11.2. The van der Waals surface area contributed by atoms with Crippen LogP contribution in [0.4, 0.5) is 4.79 Å². The number of benzene rings is 3. The smallest absolute Gasteiger partial charge is 0.405 e. The highest BCUT2D eigenvalue weighted by molar-refractivity contribution is 5.84. The fourth-order valence-electron chi connectivity index (χ4n) is 9.50. The lowest BCUT2D eigenvalue weighted by molar-refractivity contribution is -0.138. The van der Waals surface area contributed by atoms with Gasteiger partial charge < -0.3 is 30.2 Å². The molecular formula is C46H54N8O4. The third-order valence-electron chi connectivity index (χ3n) is 12.5. The van der Waals surface area contributed by atoms with Crippen molar-refractivity contribution >= 4 is 17.9 Å². The van der Waals surface area contributed by atoms with Gasteiger partial charge in [0.1, 0.15) is 23.3 Å². The number of amides is 3. The summed E-state index contributed by atoms with van der Waals surface area (Å²) < 4.78 is 5.35. The molecule has 5 atom stereocenters. The summed E-state index contributed by atoms with van der Waals surface area (Å²) in [7, 11) is 0. The maximum atomic E-state index is 14.2. The number of nitrogens with one attached hydrogen (secondary N) is 2. The number of carbonyl (C=O) groups is 3. The van der Waals surface area contributed by atoms with Gasteiger partial charge in [0.2, 0.25) is 11.8 Å². The molecule has 2 aliphatic heterocycles. The van der Waals surface area contributed by atoms with Crippen LogP contribution in [-0.4, -0.2) is 84.3 Å². The van der Waals surface area contributed by atoms with E-state index in [-0.39, 0.29) is 35.9 Å². The monoisotopic (exact) mass is 782 g/mol. The summed E-state index contributed by atoms with van der Waals surface area (Å²) in [5, 5.41) is 0. The highest BCUT2D eigenvalue weighted by atomic mass is 16.6. The standard InChI is InChI=1S/C46H54N8O4/c1-4-52(5-2)40(34-11-7-6-8-12-34)44(56)54-26-10-14-39(54)42-49-29-37(51-42)33-21-17-31(18-22-33)30-15-19-32(20-16-30)36-28-48-41(50-36)38-13-9-25-53(38)43(55)35-23-24-46(3,27-35)58-45(47)57/h6-8,11-12,15-22,28-29,35,38-40H,4-5,9-10,13-14,23-27H2,1-3H3,(H2,47,57)(H,48,50)(H,49,51)/t35-,38-,39-,40+,46+/m0/s1. The van der Waals surface area contributed by atoms with Crippen molar-refractivity contribution in [1.82, 2.24) is 34.6 Å². The van der Waals surface area contributed by atoms with Crippen LogP contribution in [0.2, 0.25) is 0 Å². The number of rotatable bonds is 12. The van der Waals surface area contributed by atoms with Crippen LogP contribution in [0.15, 0.2) is 91.3 Å². The molecule has 4 N–H and O–H groups in total. The van der Waals surface area contributed by atoms with Gasteiger partial charge in [0.05, 0.1) is 35.9 Å². The van der Waals surface area contributed by atoms with Gasteiger partial charge in [0.15, 0.2) is 0 Å². The maximum Gasteiger partial charge on any atom is 0.405 e. The van der Waals surface area contributed by atoms with Crippen LogP contribution in [0.25, 0.3) is 33.6 Å². The first-order valence-electron chi connectivity index (χ1n) is 20.8. The van der Waals surface area contributed by atoms with E-state index in [9.17, 15) is 14.4 Å². The number of nitrogens with two attached hydrogens (primary N) is 1. The number of imidazole rings is 2. The number of ether oxygens (including phenoxy) is 1. The molecule has 0 radical (unpaired) electrons. The number of carbonyl (C=O) groups excluding carboxylic acids is 3. The largest absolute Gasteiger partial charge is 0.443 e. The summed E-state index contributed by atoms with van der Waals surface area (Å²) in [6.07, 6.45) is 8.29. The SMILES string of the molecule is CCN(CC)[C@@H](C(=O)N1CCC[C@H]1c1ncc(-c2ccc(-c3ccc(-c4cnc([C@@H]5CCCN5C(=O)[C@H]5CC[C@@](C)(OC(N)=O)C5)[nH]4)cc3)cc2)[nH]1)c1ccccc1. The number of H-pyrrole nitrogens is 2. The number of likely N-dealkylation sites (tertiary alicyclic amines) is 2. The van der Waals surface area contributed by atoms with E-state index in [1.807, 2.05) is 47.3 Å². The lowest BCUT2D eigenvalue weighted by Gasteiger charge is -2.34. The van der Waals surface area contributed by atoms with Gasteiger partial charge in [0.25, 0.3) is 0 Å². The average Bonchev–Trinajstić information content (AvgIpc) is 4.10. The van der Waals surface area contributed by atoms with Crippen molar-refractivity contribution in [3.05, 3.63) is 108 Å². The van der Waals surface area contributed by atoms with Crippen LogP contribution in [-0.2, 0) is 14.3 Å². The van der Waals surface area contributed by atoms with Crippen LogP contribution >= 0.6 is 0 Å². The van der Waals surface area contributed by atoms with Gasteiger partial charge in [-0.15, -0.1) is 0 Å². The zero-order valence-corrected chi connectivity index (χ0v) is 33.7. The normalized spacial score (nSPS) is 22.4. The van der Waals surface area contributed by atoms with Gasteiger partial charge in [0, 0.05) is 19.0 Å².